The molecule has 1 atom stereocenters. The van der Waals surface area contributed by atoms with E-state index in [0.29, 0.717) is 0 Å². The normalized spacial score (nSPS) is 17.1. The number of benzene rings is 1. The Morgan fingerprint density at radius 2 is 2.11 bits per heavy atom. The number of aliphatic hydroxyl groups excluding tert-OH is 1. The van der Waals surface area contributed by atoms with Gasteiger partial charge in [-0.2, -0.15) is 0 Å². The highest BCUT2D eigenvalue weighted by Gasteiger charge is 2.18. The average Bonchev–Trinajstić information content (AvgIpc) is 2.47. The Hall–Kier alpha value is -1.87. The zero-order valence-electron chi connectivity index (χ0n) is 10.0. The van der Waals surface area contributed by atoms with Crippen LogP contribution < -0.4 is 0 Å². The molecule has 3 nitrogen and oxygen atoms in total. The van der Waals surface area contributed by atoms with Crippen LogP contribution in [-0.4, -0.2) is 16.7 Å². The highest BCUT2D eigenvalue weighted by molar-refractivity contribution is 5.85. The van der Waals surface area contributed by atoms with Crippen molar-refractivity contribution >= 4 is 10.8 Å². The van der Waals surface area contributed by atoms with E-state index >= 15 is 0 Å². The molecule has 2 aromatic rings. The highest BCUT2D eigenvalue weighted by atomic mass is 16.5. The largest absolute Gasteiger partial charge is 0.501 e. The predicted octanol–water partition coefficient (Wildman–Crippen LogP) is 2.96. The highest BCUT2D eigenvalue weighted by Crippen LogP contribution is 2.31. The summed E-state index contributed by atoms with van der Waals surface area (Å²) in [4.78, 5) is 4.20. The summed E-state index contributed by atoms with van der Waals surface area (Å²) in [5, 5.41) is 12.6. The van der Waals surface area contributed by atoms with E-state index in [1.807, 2.05) is 30.5 Å². The van der Waals surface area contributed by atoms with Crippen molar-refractivity contribution < 1.29 is 9.84 Å². The molecule has 3 rings (SSSR count). The summed E-state index contributed by atoms with van der Waals surface area (Å²) in [5.41, 5.74) is 1.78. The van der Waals surface area contributed by atoms with E-state index in [4.69, 9.17) is 4.74 Å². The first-order valence-electron chi connectivity index (χ1n) is 6.17. The lowest BCUT2D eigenvalue weighted by molar-refractivity contribution is 0.171. The van der Waals surface area contributed by atoms with Gasteiger partial charge in [0.1, 0.15) is 6.10 Å². The van der Waals surface area contributed by atoms with E-state index in [1.54, 1.807) is 12.5 Å². The molecule has 1 aromatic carbocycles. The maximum absolute atomic E-state index is 10.5. The summed E-state index contributed by atoms with van der Waals surface area (Å²) in [5.74, 6) is 0. The van der Waals surface area contributed by atoms with Gasteiger partial charge in [0.05, 0.1) is 12.9 Å². The topological polar surface area (TPSA) is 42.4 Å². The van der Waals surface area contributed by atoms with Crippen LogP contribution in [0.2, 0.25) is 0 Å². The fourth-order valence-corrected chi connectivity index (χ4v) is 2.34. The van der Waals surface area contributed by atoms with E-state index in [1.165, 1.54) is 0 Å². The van der Waals surface area contributed by atoms with Crippen molar-refractivity contribution in [3.05, 3.63) is 54.1 Å². The van der Waals surface area contributed by atoms with E-state index < -0.39 is 6.10 Å². The molecule has 1 aliphatic heterocycles. The maximum Gasteiger partial charge on any atom is 0.105 e. The summed E-state index contributed by atoms with van der Waals surface area (Å²) in [6, 6.07) is 7.97. The SMILES string of the molecule is OC(C1=COCCC1)c1cncc2ccccc12. The van der Waals surface area contributed by atoms with Crippen LogP contribution in [0, 0.1) is 0 Å². The second-order valence-electron chi connectivity index (χ2n) is 4.52. The lowest BCUT2D eigenvalue weighted by atomic mass is 9.95. The van der Waals surface area contributed by atoms with Crippen LogP contribution in [0.15, 0.2) is 48.5 Å². The summed E-state index contributed by atoms with van der Waals surface area (Å²) in [6.45, 7) is 0.740. The van der Waals surface area contributed by atoms with E-state index in [2.05, 4.69) is 4.98 Å². The summed E-state index contributed by atoms with van der Waals surface area (Å²) >= 11 is 0. The Balaban J connectivity index is 2.05. The Kier molecular flexibility index (Phi) is 2.99. The standard InChI is InChI=1S/C15H15NO2/c17-15(12-5-3-7-18-10-12)14-9-16-8-11-4-1-2-6-13(11)14/h1-2,4,6,8-10,15,17H,3,5,7H2. The van der Waals surface area contributed by atoms with Crippen LogP contribution in [-0.2, 0) is 4.74 Å². The van der Waals surface area contributed by atoms with Gasteiger partial charge >= 0.3 is 0 Å². The number of nitrogens with zero attached hydrogens (tertiary/aromatic N) is 1. The lowest BCUT2D eigenvalue weighted by Crippen LogP contribution is -2.08. The molecule has 0 aliphatic carbocycles. The van der Waals surface area contributed by atoms with Gasteiger partial charge in [0, 0.05) is 23.3 Å². The first-order chi connectivity index (χ1) is 8.86. The first kappa shape index (κ1) is 11.2. The van der Waals surface area contributed by atoms with Crippen LogP contribution >= 0.6 is 0 Å². The second kappa shape index (κ2) is 4.78. The van der Waals surface area contributed by atoms with Crippen molar-refractivity contribution in [1.29, 1.82) is 0 Å². The van der Waals surface area contributed by atoms with Crippen molar-refractivity contribution in [2.24, 2.45) is 0 Å². The van der Waals surface area contributed by atoms with E-state index in [0.717, 1.165) is 41.4 Å². The summed E-state index contributed by atoms with van der Waals surface area (Å²) < 4.78 is 5.29. The van der Waals surface area contributed by atoms with Crippen LogP contribution in [0.4, 0.5) is 0 Å². The molecule has 0 bridgehead atoms. The maximum atomic E-state index is 10.5. The minimum absolute atomic E-state index is 0.621. The molecule has 1 aromatic heterocycles. The van der Waals surface area contributed by atoms with Crippen molar-refractivity contribution in [3.8, 4) is 0 Å². The average molecular weight is 241 g/mol. The number of hydrogen-bond acceptors (Lipinski definition) is 3. The molecule has 1 aliphatic rings. The Morgan fingerprint density at radius 3 is 2.94 bits per heavy atom. The monoisotopic (exact) mass is 241 g/mol. The Morgan fingerprint density at radius 1 is 1.22 bits per heavy atom. The molecule has 1 unspecified atom stereocenters. The van der Waals surface area contributed by atoms with Crippen LogP contribution in [0.3, 0.4) is 0 Å². The molecule has 18 heavy (non-hydrogen) atoms. The zero-order chi connectivity index (χ0) is 12.4. The van der Waals surface area contributed by atoms with Gasteiger partial charge in [-0.05, 0) is 23.8 Å². The molecule has 1 N–H and O–H groups in total. The third kappa shape index (κ3) is 1.97. The Labute approximate surface area is 106 Å². The molecule has 0 radical (unpaired) electrons. The summed E-state index contributed by atoms with van der Waals surface area (Å²) in [6.07, 6.45) is 6.46. The molecule has 2 heterocycles. The number of ether oxygens (including phenoxy) is 1. The number of rotatable bonds is 2. The smallest absolute Gasteiger partial charge is 0.105 e. The van der Waals surface area contributed by atoms with Gasteiger partial charge in [0.15, 0.2) is 0 Å². The van der Waals surface area contributed by atoms with Gasteiger partial charge in [-0.3, -0.25) is 4.98 Å². The van der Waals surface area contributed by atoms with E-state index in [9.17, 15) is 5.11 Å². The van der Waals surface area contributed by atoms with E-state index in [-0.39, 0.29) is 0 Å². The fraction of sp³-hybridized carbons (Fsp3) is 0.267. The number of fused-ring (bicyclic) bond motifs is 1. The lowest BCUT2D eigenvalue weighted by Gasteiger charge is -2.20. The van der Waals surface area contributed by atoms with Gasteiger partial charge in [0.2, 0.25) is 0 Å². The fourth-order valence-electron chi connectivity index (χ4n) is 2.34. The molecule has 0 saturated heterocycles. The quantitative estimate of drug-likeness (QED) is 0.879. The second-order valence-corrected chi connectivity index (χ2v) is 4.52. The predicted molar refractivity (Wildman–Crippen MR) is 70.0 cm³/mol. The number of aliphatic hydroxyl groups is 1. The van der Waals surface area contributed by atoms with Gasteiger partial charge in [-0.25, -0.2) is 0 Å². The summed E-state index contributed by atoms with van der Waals surface area (Å²) in [7, 11) is 0. The molecule has 0 saturated carbocycles. The third-order valence-electron chi connectivity index (χ3n) is 3.31. The third-order valence-corrected chi connectivity index (χ3v) is 3.31. The van der Waals surface area contributed by atoms with Gasteiger partial charge in [-0.15, -0.1) is 0 Å². The molecule has 0 fully saturated rings. The van der Waals surface area contributed by atoms with Gasteiger partial charge in [-0.1, -0.05) is 24.3 Å². The molecular weight excluding hydrogens is 226 g/mol. The number of pyridine rings is 1. The van der Waals surface area contributed by atoms with Crippen molar-refractivity contribution in [2.45, 2.75) is 18.9 Å². The van der Waals surface area contributed by atoms with Crippen LogP contribution in [0.5, 0.6) is 0 Å². The van der Waals surface area contributed by atoms with Crippen molar-refractivity contribution in [3.63, 3.8) is 0 Å². The molecular formula is C15H15NO2. The molecule has 0 spiro atoms. The first-order valence-corrected chi connectivity index (χ1v) is 6.17. The van der Waals surface area contributed by atoms with Crippen molar-refractivity contribution in [1.82, 2.24) is 4.98 Å². The molecule has 3 heteroatoms. The van der Waals surface area contributed by atoms with Crippen LogP contribution in [0.25, 0.3) is 10.8 Å². The number of aromatic nitrogens is 1. The zero-order valence-corrected chi connectivity index (χ0v) is 10.0. The van der Waals surface area contributed by atoms with Gasteiger partial charge in [0.25, 0.3) is 0 Å². The molecule has 92 valence electrons. The number of hydrogen-bond donors (Lipinski definition) is 1. The minimum Gasteiger partial charge on any atom is -0.501 e. The molecule has 0 amide bonds. The minimum atomic E-state index is -0.621. The van der Waals surface area contributed by atoms with Crippen LogP contribution in [0.1, 0.15) is 24.5 Å². The van der Waals surface area contributed by atoms with Gasteiger partial charge < -0.3 is 9.84 Å². The van der Waals surface area contributed by atoms with Crippen molar-refractivity contribution in [2.75, 3.05) is 6.61 Å². The Bertz CT molecular complexity index is 587.